The predicted molar refractivity (Wildman–Crippen MR) is 54.7 cm³/mol. The molecule has 0 amide bonds. The van der Waals surface area contributed by atoms with Gasteiger partial charge in [0, 0.05) is 17.1 Å². The fourth-order valence-corrected chi connectivity index (χ4v) is 2.01. The van der Waals surface area contributed by atoms with Crippen LogP contribution in [0.3, 0.4) is 0 Å². The summed E-state index contributed by atoms with van der Waals surface area (Å²) in [5.41, 5.74) is 2.57. The molecular formula is C10H10N2S. The Hall–Kier alpha value is -1.14. The monoisotopic (exact) mass is 190 g/mol. The van der Waals surface area contributed by atoms with Gasteiger partial charge in [0.15, 0.2) is 0 Å². The molecule has 0 atom stereocenters. The first-order chi connectivity index (χ1) is 6.40. The van der Waals surface area contributed by atoms with E-state index in [0.29, 0.717) is 0 Å². The largest absolute Gasteiger partial charge is 0.385 e. The van der Waals surface area contributed by atoms with Crippen LogP contribution in [0.5, 0.6) is 0 Å². The van der Waals surface area contributed by atoms with Crippen LogP contribution < -0.4 is 5.32 Å². The zero-order chi connectivity index (χ0) is 9.10. The molecule has 3 heteroatoms. The van der Waals surface area contributed by atoms with E-state index in [2.05, 4.69) is 22.9 Å². The maximum atomic E-state index is 8.52. The SMILES string of the molecule is N#CSc1ccc2c(c1)CCCN2. The lowest BCUT2D eigenvalue weighted by molar-refractivity contribution is 0.827. The number of nitriles is 1. The normalized spacial score (nSPS) is 14.1. The number of thioether (sulfide) groups is 1. The number of hydrogen-bond acceptors (Lipinski definition) is 3. The molecule has 1 aliphatic heterocycles. The number of aryl methyl sites for hydroxylation is 1. The second kappa shape index (κ2) is 3.71. The third kappa shape index (κ3) is 1.78. The molecule has 0 spiro atoms. The summed E-state index contributed by atoms with van der Waals surface area (Å²) < 4.78 is 0. The average molecular weight is 190 g/mol. The highest BCUT2D eigenvalue weighted by Gasteiger charge is 2.08. The van der Waals surface area contributed by atoms with Crippen LogP contribution in [0.2, 0.25) is 0 Å². The van der Waals surface area contributed by atoms with E-state index in [1.165, 1.54) is 29.4 Å². The number of nitrogens with one attached hydrogen (secondary N) is 1. The molecule has 0 radical (unpaired) electrons. The minimum Gasteiger partial charge on any atom is -0.385 e. The Morgan fingerprint density at radius 1 is 1.46 bits per heavy atom. The predicted octanol–water partition coefficient (Wildman–Crippen LogP) is 2.62. The van der Waals surface area contributed by atoms with Gasteiger partial charge in [0.2, 0.25) is 0 Å². The highest BCUT2D eigenvalue weighted by atomic mass is 32.2. The first kappa shape index (κ1) is 8.46. The first-order valence-electron chi connectivity index (χ1n) is 4.33. The molecule has 0 aromatic heterocycles. The molecule has 1 heterocycles. The third-order valence-electron chi connectivity index (χ3n) is 2.18. The zero-order valence-corrected chi connectivity index (χ0v) is 8.03. The average Bonchev–Trinajstić information content (AvgIpc) is 2.18. The van der Waals surface area contributed by atoms with E-state index in [-0.39, 0.29) is 0 Å². The number of rotatable bonds is 1. The van der Waals surface area contributed by atoms with Crippen molar-refractivity contribution >= 4 is 17.4 Å². The number of hydrogen-bond donors (Lipinski definition) is 1. The van der Waals surface area contributed by atoms with E-state index in [9.17, 15) is 0 Å². The summed E-state index contributed by atoms with van der Waals surface area (Å²) in [5, 5.41) is 13.9. The van der Waals surface area contributed by atoms with Gasteiger partial charge in [0.05, 0.1) is 0 Å². The summed E-state index contributed by atoms with van der Waals surface area (Å²) in [5.74, 6) is 0. The second-order valence-corrected chi connectivity index (χ2v) is 3.90. The van der Waals surface area contributed by atoms with Crippen LogP contribution in [-0.2, 0) is 6.42 Å². The van der Waals surface area contributed by atoms with Crippen molar-refractivity contribution in [1.29, 1.82) is 5.26 Å². The highest BCUT2D eigenvalue weighted by Crippen LogP contribution is 2.27. The minimum absolute atomic E-state index is 1.05. The molecule has 2 rings (SSSR count). The van der Waals surface area contributed by atoms with E-state index >= 15 is 0 Å². The molecule has 0 fully saturated rings. The van der Waals surface area contributed by atoms with Gasteiger partial charge in [-0.1, -0.05) is 0 Å². The maximum absolute atomic E-state index is 8.52. The van der Waals surface area contributed by atoms with Gasteiger partial charge in [-0.15, -0.1) is 0 Å². The Bertz CT molecular complexity index is 354. The Labute approximate surface area is 82.0 Å². The first-order valence-corrected chi connectivity index (χ1v) is 5.14. The van der Waals surface area contributed by atoms with Crippen LogP contribution in [0.1, 0.15) is 12.0 Å². The van der Waals surface area contributed by atoms with E-state index < -0.39 is 0 Å². The summed E-state index contributed by atoms with van der Waals surface area (Å²) in [6, 6.07) is 6.16. The maximum Gasteiger partial charge on any atom is 0.138 e. The molecule has 1 aromatic rings. The smallest absolute Gasteiger partial charge is 0.138 e. The van der Waals surface area contributed by atoms with Gasteiger partial charge < -0.3 is 5.32 Å². The standard InChI is InChI=1S/C10H10N2S/c11-7-13-9-3-4-10-8(6-9)2-1-5-12-10/h3-4,6,12H,1-2,5H2. The van der Waals surface area contributed by atoms with Crippen molar-refractivity contribution in [3.8, 4) is 5.40 Å². The van der Waals surface area contributed by atoms with Gasteiger partial charge in [-0.2, -0.15) is 5.26 Å². The lowest BCUT2D eigenvalue weighted by Gasteiger charge is -2.17. The molecule has 1 aliphatic rings. The minimum atomic E-state index is 1.05. The number of anilines is 1. The Kier molecular flexibility index (Phi) is 2.42. The van der Waals surface area contributed by atoms with Crippen molar-refractivity contribution in [1.82, 2.24) is 0 Å². The van der Waals surface area contributed by atoms with Crippen LogP contribution in [0, 0.1) is 10.7 Å². The lowest BCUT2D eigenvalue weighted by Crippen LogP contribution is -2.11. The van der Waals surface area contributed by atoms with Crippen molar-refractivity contribution in [2.75, 3.05) is 11.9 Å². The fourth-order valence-electron chi connectivity index (χ4n) is 1.57. The molecule has 1 N–H and O–H groups in total. The lowest BCUT2D eigenvalue weighted by atomic mass is 10.0. The van der Waals surface area contributed by atoms with Gasteiger partial charge in [0.25, 0.3) is 0 Å². The molecule has 66 valence electrons. The van der Waals surface area contributed by atoms with Crippen molar-refractivity contribution in [2.45, 2.75) is 17.7 Å². The van der Waals surface area contributed by atoms with Crippen molar-refractivity contribution in [3.63, 3.8) is 0 Å². The van der Waals surface area contributed by atoms with Crippen LogP contribution in [0.15, 0.2) is 23.1 Å². The van der Waals surface area contributed by atoms with Gasteiger partial charge in [-0.05, 0) is 48.4 Å². The second-order valence-electron chi connectivity index (χ2n) is 3.04. The highest BCUT2D eigenvalue weighted by molar-refractivity contribution is 8.03. The summed E-state index contributed by atoms with van der Waals surface area (Å²) in [6.07, 6.45) is 2.32. The van der Waals surface area contributed by atoms with Gasteiger partial charge in [-0.3, -0.25) is 0 Å². The van der Waals surface area contributed by atoms with E-state index in [1.807, 2.05) is 6.07 Å². The molecule has 1 aromatic carbocycles. The van der Waals surface area contributed by atoms with Crippen LogP contribution in [0.4, 0.5) is 5.69 Å². The molecule has 0 saturated heterocycles. The quantitative estimate of drug-likeness (QED) is 0.546. The fraction of sp³-hybridized carbons (Fsp3) is 0.300. The molecular weight excluding hydrogens is 180 g/mol. The van der Waals surface area contributed by atoms with Gasteiger partial charge in [0.1, 0.15) is 5.40 Å². The topological polar surface area (TPSA) is 35.8 Å². The van der Waals surface area contributed by atoms with Gasteiger partial charge >= 0.3 is 0 Å². The van der Waals surface area contributed by atoms with E-state index in [4.69, 9.17) is 5.26 Å². The summed E-state index contributed by atoms with van der Waals surface area (Å²) >= 11 is 1.23. The number of thiocyanates is 1. The van der Waals surface area contributed by atoms with Crippen LogP contribution >= 0.6 is 11.8 Å². The Morgan fingerprint density at radius 3 is 3.23 bits per heavy atom. The molecule has 2 nitrogen and oxygen atoms in total. The third-order valence-corrected chi connectivity index (χ3v) is 2.76. The van der Waals surface area contributed by atoms with Crippen LogP contribution in [0.25, 0.3) is 0 Å². The van der Waals surface area contributed by atoms with Crippen molar-refractivity contribution < 1.29 is 0 Å². The molecule has 0 saturated carbocycles. The molecule has 0 aliphatic carbocycles. The summed E-state index contributed by atoms with van der Waals surface area (Å²) in [6.45, 7) is 1.07. The zero-order valence-electron chi connectivity index (χ0n) is 7.21. The molecule has 0 bridgehead atoms. The van der Waals surface area contributed by atoms with E-state index in [1.54, 1.807) is 0 Å². The molecule has 0 unspecified atom stereocenters. The number of fused-ring (bicyclic) bond motifs is 1. The number of nitrogens with zero attached hydrogens (tertiary/aromatic N) is 1. The van der Waals surface area contributed by atoms with Crippen molar-refractivity contribution in [2.24, 2.45) is 0 Å². The van der Waals surface area contributed by atoms with Crippen molar-refractivity contribution in [3.05, 3.63) is 23.8 Å². The Morgan fingerprint density at radius 2 is 2.38 bits per heavy atom. The van der Waals surface area contributed by atoms with Crippen LogP contribution in [-0.4, -0.2) is 6.54 Å². The number of benzene rings is 1. The Balaban J connectivity index is 2.31. The van der Waals surface area contributed by atoms with Gasteiger partial charge in [-0.25, -0.2) is 0 Å². The summed E-state index contributed by atoms with van der Waals surface area (Å²) in [4.78, 5) is 1.05. The molecule has 13 heavy (non-hydrogen) atoms. The van der Waals surface area contributed by atoms with E-state index in [0.717, 1.165) is 17.9 Å². The summed E-state index contributed by atoms with van der Waals surface area (Å²) in [7, 11) is 0.